The molecule has 0 aliphatic heterocycles. The Morgan fingerprint density at radius 3 is 2.71 bits per heavy atom. The highest BCUT2D eigenvalue weighted by atomic mass is 16.3. The Bertz CT molecular complexity index is 660. The summed E-state index contributed by atoms with van der Waals surface area (Å²) in [7, 11) is 0. The van der Waals surface area contributed by atoms with Gasteiger partial charge in [0.2, 0.25) is 0 Å². The number of hydrogen-bond donors (Lipinski definition) is 1. The van der Waals surface area contributed by atoms with Crippen LogP contribution in [0.3, 0.4) is 0 Å². The van der Waals surface area contributed by atoms with Gasteiger partial charge in [-0.15, -0.1) is 0 Å². The van der Waals surface area contributed by atoms with Gasteiger partial charge in [0.25, 0.3) is 0 Å². The number of aliphatic hydroxyl groups excluding tert-OH is 1. The third-order valence-electron chi connectivity index (χ3n) is 7.98. The lowest BCUT2D eigenvalue weighted by Gasteiger charge is -2.58. The van der Waals surface area contributed by atoms with Crippen molar-refractivity contribution in [1.82, 2.24) is 0 Å². The lowest BCUT2D eigenvalue weighted by molar-refractivity contribution is -0.137. The van der Waals surface area contributed by atoms with Crippen LogP contribution >= 0.6 is 0 Å². The second-order valence-electron chi connectivity index (χ2n) is 9.04. The molecule has 3 nitrogen and oxygen atoms in total. The first-order chi connectivity index (χ1) is 11.3. The molecule has 3 fully saturated rings. The molecule has 24 heavy (non-hydrogen) atoms. The number of carbonyl (C=O) groups is 2. The molecule has 0 bridgehead atoms. The van der Waals surface area contributed by atoms with Gasteiger partial charge < -0.3 is 5.11 Å². The van der Waals surface area contributed by atoms with E-state index in [1.54, 1.807) is 19.1 Å². The van der Waals surface area contributed by atoms with Gasteiger partial charge in [-0.05, 0) is 68.4 Å². The van der Waals surface area contributed by atoms with Crippen LogP contribution in [-0.2, 0) is 9.59 Å². The maximum absolute atomic E-state index is 12.2. The Morgan fingerprint density at radius 2 is 2.00 bits per heavy atom. The maximum atomic E-state index is 12.2. The van der Waals surface area contributed by atoms with Gasteiger partial charge in [-0.25, -0.2) is 0 Å². The monoisotopic (exact) mass is 328 g/mol. The topological polar surface area (TPSA) is 54.4 Å². The van der Waals surface area contributed by atoms with Crippen LogP contribution in [0.15, 0.2) is 23.8 Å². The van der Waals surface area contributed by atoms with E-state index in [9.17, 15) is 14.7 Å². The van der Waals surface area contributed by atoms with E-state index in [1.807, 2.05) is 6.08 Å². The van der Waals surface area contributed by atoms with Crippen molar-refractivity contribution in [3.05, 3.63) is 23.8 Å². The Kier molecular flexibility index (Phi) is 3.48. The molecule has 0 radical (unpaired) electrons. The average Bonchev–Trinajstić information content (AvgIpc) is 2.84. The number of fused-ring (bicyclic) bond motifs is 5. The number of allylic oxidation sites excluding steroid dienone is 4. The van der Waals surface area contributed by atoms with E-state index in [0.717, 1.165) is 25.7 Å². The zero-order valence-electron chi connectivity index (χ0n) is 14.9. The maximum Gasteiger partial charge on any atom is 0.178 e. The van der Waals surface area contributed by atoms with E-state index in [2.05, 4.69) is 13.8 Å². The van der Waals surface area contributed by atoms with Crippen LogP contribution in [0, 0.1) is 34.5 Å². The molecule has 0 saturated heterocycles. The largest absolute Gasteiger partial charge is 0.393 e. The summed E-state index contributed by atoms with van der Waals surface area (Å²) in [5, 5.41) is 11.1. The van der Waals surface area contributed by atoms with E-state index in [1.165, 1.54) is 5.57 Å². The standard InChI is InChI=1S/C21H28O3/c1-12(22)16-6-7-17-15-5-4-13-10-14(23)8-9-20(13,2)19(15)18(24)11-21(16,17)3/h8-10,15-19,24H,4-7,11H2,1-3H3/t15?,16?,17?,18-,19?,20?,21?/m1/s1. The summed E-state index contributed by atoms with van der Waals surface area (Å²) in [4.78, 5) is 24.0. The number of Topliss-reactive ketones (excluding diaryl/α,β-unsaturated/α-hetero) is 1. The molecule has 0 aromatic rings. The summed E-state index contributed by atoms with van der Waals surface area (Å²) in [6, 6.07) is 0. The molecular weight excluding hydrogens is 300 g/mol. The number of rotatable bonds is 1. The molecule has 7 atom stereocenters. The molecule has 4 aliphatic carbocycles. The van der Waals surface area contributed by atoms with Crippen molar-refractivity contribution in [3.63, 3.8) is 0 Å². The Labute approximate surface area is 144 Å². The molecule has 3 saturated carbocycles. The van der Waals surface area contributed by atoms with Crippen molar-refractivity contribution in [2.75, 3.05) is 0 Å². The molecule has 0 amide bonds. The summed E-state index contributed by atoms with van der Waals surface area (Å²) >= 11 is 0. The van der Waals surface area contributed by atoms with Gasteiger partial charge in [-0.2, -0.15) is 0 Å². The quantitative estimate of drug-likeness (QED) is 0.802. The van der Waals surface area contributed by atoms with E-state index < -0.39 is 6.10 Å². The zero-order valence-corrected chi connectivity index (χ0v) is 14.9. The van der Waals surface area contributed by atoms with Gasteiger partial charge >= 0.3 is 0 Å². The van der Waals surface area contributed by atoms with Gasteiger partial charge in [-0.3, -0.25) is 9.59 Å². The van der Waals surface area contributed by atoms with Crippen molar-refractivity contribution < 1.29 is 14.7 Å². The molecule has 0 heterocycles. The van der Waals surface area contributed by atoms with E-state index in [4.69, 9.17) is 0 Å². The first-order valence-corrected chi connectivity index (χ1v) is 9.40. The van der Waals surface area contributed by atoms with Crippen LogP contribution in [0.25, 0.3) is 0 Å². The van der Waals surface area contributed by atoms with Gasteiger partial charge in [0.05, 0.1) is 6.10 Å². The summed E-state index contributed by atoms with van der Waals surface area (Å²) in [5.41, 5.74) is 0.935. The van der Waals surface area contributed by atoms with Crippen LogP contribution in [0.5, 0.6) is 0 Å². The van der Waals surface area contributed by atoms with Crippen LogP contribution in [0.1, 0.15) is 52.9 Å². The molecule has 0 spiro atoms. The summed E-state index contributed by atoms with van der Waals surface area (Å²) < 4.78 is 0. The third-order valence-corrected chi connectivity index (χ3v) is 7.98. The zero-order chi connectivity index (χ0) is 17.3. The van der Waals surface area contributed by atoms with Crippen molar-refractivity contribution in [3.8, 4) is 0 Å². The Morgan fingerprint density at radius 1 is 1.25 bits per heavy atom. The number of aliphatic hydroxyl groups is 1. The van der Waals surface area contributed by atoms with Gasteiger partial charge in [0, 0.05) is 17.3 Å². The van der Waals surface area contributed by atoms with Crippen molar-refractivity contribution >= 4 is 11.6 Å². The molecule has 0 aromatic heterocycles. The van der Waals surface area contributed by atoms with Crippen molar-refractivity contribution in [2.45, 2.75) is 59.0 Å². The van der Waals surface area contributed by atoms with Crippen LogP contribution in [0.4, 0.5) is 0 Å². The third kappa shape index (κ3) is 2.00. The molecule has 1 N–H and O–H groups in total. The predicted molar refractivity (Wildman–Crippen MR) is 92.2 cm³/mol. The summed E-state index contributed by atoms with van der Waals surface area (Å²) in [5.74, 6) is 1.61. The second kappa shape index (κ2) is 5.14. The molecule has 3 heteroatoms. The molecule has 4 aliphatic rings. The minimum Gasteiger partial charge on any atom is -0.393 e. The smallest absolute Gasteiger partial charge is 0.178 e. The SMILES string of the molecule is CC(=O)C1CCC2C3CCC4=CC(=O)C=CC4(C)C3[C@H](O)CC12C. The minimum absolute atomic E-state index is 0.0573. The molecule has 130 valence electrons. The fourth-order valence-corrected chi connectivity index (χ4v) is 6.99. The molecule has 6 unspecified atom stereocenters. The highest BCUT2D eigenvalue weighted by Crippen LogP contribution is 2.65. The van der Waals surface area contributed by atoms with Crippen LogP contribution in [0.2, 0.25) is 0 Å². The molecular formula is C21H28O3. The lowest BCUT2D eigenvalue weighted by atomic mass is 9.46. The van der Waals surface area contributed by atoms with Gasteiger partial charge in [0.15, 0.2) is 5.78 Å². The average molecular weight is 328 g/mol. The first kappa shape index (κ1) is 16.3. The fourth-order valence-electron chi connectivity index (χ4n) is 6.99. The van der Waals surface area contributed by atoms with E-state index >= 15 is 0 Å². The van der Waals surface area contributed by atoms with Gasteiger partial charge in [0.1, 0.15) is 5.78 Å². The fraction of sp³-hybridized carbons (Fsp3) is 0.714. The first-order valence-electron chi connectivity index (χ1n) is 9.40. The minimum atomic E-state index is -0.400. The van der Waals surface area contributed by atoms with Gasteiger partial charge in [-0.1, -0.05) is 25.5 Å². The summed E-state index contributed by atoms with van der Waals surface area (Å²) in [6.45, 7) is 6.15. The Balaban J connectivity index is 1.74. The highest BCUT2D eigenvalue weighted by molar-refractivity contribution is 6.01. The Hall–Kier alpha value is -1.22. The predicted octanol–water partition coefficient (Wildman–Crippen LogP) is 3.47. The number of carbonyl (C=O) groups excluding carboxylic acids is 2. The number of ketones is 2. The second-order valence-corrected chi connectivity index (χ2v) is 9.04. The lowest BCUT2D eigenvalue weighted by Crippen LogP contribution is -2.56. The van der Waals surface area contributed by atoms with E-state index in [-0.39, 0.29) is 34.2 Å². The normalized spacial score (nSPS) is 49.9. The summed E-state index contributed by atoms with van der Waals surface area (Å²) in [6.07, 6.45) is 9.89. The van der Waals surface area contributed by atoms with Crippen molar-refractivity contribution in [1.29, 1.82) is 0 Å². The molecule has 4 rings (SSSR count). The molecule has 0 aromatic carbocycles. The highest BCUT2D eigenvalue weighted by Gasteiger charge is 2.62. The van der Waals surface area contributed by atoms with Crippen molar-refractivity contribution in [2.24, 2.45) is 34.5 Å². The van der Waals surface area contributed by atoms with Crippen LogP contribution < -0.4 is 0 Å². The number of hydrogen-bond acceptors (Lipinski definition) is 3. The van der Waals surface area contributed by atoms with Crippen LogP contribution in [-0.4, -0.2) is 22.8 Å². The van der Waals surface area contributed by atoms with E-state index in [0.29, 0.717) is 18.3 Å².